The summed E-state index contributed by atoms with van der Waals surface area (Å²) in [4.78, 5) is 5.81. The van der Waals surface area contributed by atoms with Gasteiger partial charge >= 0.3 is 0 Å². The molecule has 4 heteroatoms. The standard InChI is InChI=1S/C17H19N3S/c1-18-16(10-15-11-20-6-7-21-17(20)19-15)14-8-12-4-2-3-5-13(12)9-14/h2-7,11,14,16,18H,8-10H2,1H3. The molecule has 0 fully saturated rings. The van der Waals surface area contributed by atoms with E-state index in [-0.39, 0.29) is 0 Å². The number of hydrogen-bond donors (Lipinski definition) is 1. The van der Waals surface area contributed by atoms with Crippen LogP contribution in [0.5, 0.6) is 0 Å². The van der Waals surface area contributed by atoms with Crippen molar-refractivity contribution in [2.45, 2.75) is 25.3 Å². The monoisotopic (exact) mass is 297 g/mol. The van der Waals surface area contributed by atoms with Crippen molar-refractivity contribution in [3.63, 3.8) is 0 Å². The predicted octanol–water partition coefficient (Wildman–Crippen LogP) is 2.94. The summed E-state index contributed by atoms with van der Waals surface area (Å²) >= 11 is 1.70. The summed E-state index contributed by atoms with van der Waals surface area (Å²) in [5.74, 6) is 0.673. The van der Waals surface area contributed by atoms with Crippen molar-refractivity contribution in [1.82, 2.24) is 14.7 Å². The van der Waals surface area contributed by atoms with Crippen LogP contribution in [0.4, 0.5) is 0 Å². The Balaban J connectivity index is 1.52. The first kappa shape index (κ1) is 13.0. The van der Waals surface area contributed by atoms with Gasteiger partial charge in [-0.1, -0.05) is 24.3 Å². The van der Waals surface area contributed by atoms with Gasteiger partial charge < -0.3 is 5.32 Å². The molecule has 4 rings (SSSR count). The van der Waals surface area contributed by atoms with Crippen molar-refractivity contribution in [2.24, 2.45) is 5.92 Å². The third kappa shape index (κ3) is 2.39. The van der Waals surface area contributed by atoms with Crippen LogP contribution in [-0.4, -0.2) is 22.5 Å². The Kier molecular flexibility index (Phi) is 3.28. The Bertz CT molecular complexity index is 705. The van der Waals surface area contributed by atoms with Crippen molar-refractivity contribution >= 4 is 16.3 Å². The maximum Gasteiger partial charge on any atom is 0.193 e. The van der Waals surface area contributed by atoms with Gasteiger partial charge in [0.25, 0.3) is 0 Å². The summed E-state index contributed by atoms with van der Waals surface area (Å²) in [5.41, 5.74) is 4.24. The molecule has 0 spiro atoms. The molecule has 1 N–H and O–H groups in total. The number of imidazole rings is 1. The molecule has 1 unspecified atom stereocenters. The van der Waals surface area contributed by atoms with Crippen LogP contribution in [0.25, 0.3) is 4.96 Å². The van der Waals surface area contributed by atoms with E-state index >= 15 is 0 Å². The number of aromatic nitrogens is 2. The zero-order valence-corrected chi connectivity index (χ0v) is 12.9. The van der Waals surface area contributed by atoms with Gasteiger partial charge in [0.1, 0.15) is 0 Å². The van der Waals surface area contributed by atoms with Crippen LogP contribution >= 0.6 is 11.3 Å². The molecule has 1 aliphatic rings. The van der Waals surface area contributed by atoms with Gasteiger partial charge in [0.15, 0.2) is 4.96 Å². The van der Waals surface area contributed by atoms with Gasteiger partial charge in [-0.2, -0.15) is 0 Å². The SMILES string of the molecule is CNC(Cc1cn2ccsc2n1)C1Cc2ccccc2C1. The number of nitrogens with one attached hydrogen (secondary N) is 1. The van der Waals surface area contributed by atoms with Crippen molar-refractivity contribution < 1.29 is 0 Å². The normalized spacial score (nSPS) is 16.4. The van der Waals surface area contributed by atoms with Crippen LogP contribution < -0.4 is 5.32 Å². The second-order valence-electron chi connectivity index (χ2n) is 5.86. The number of rotatable bonds is 4. The summed E-state index contributed by atoms with van der Waals surface area (Å²) in [6.07, 6.45) is 7.62. The van der Waals surface area contributed by atoms with E-state index in [0.717, 1.165) is 11.4 Å². The highest BCUT2D eigenvalue weighted by atomic mass is 32.1. The van der Waals surface area contributed by atoms with Gasteiger partial charge in [-0.25, -0.2) is 4.98 Å². The highest BCUT2D eigenvalue weighted by molar-refractivity contribution is 7.15. The molecule has 2 heterocycles. The van der Waals surface area contributed by atoms with Gasteiger partial charge in [-0.15, -0.1) is 11.3 Å². The Hall–Kier alpha value is -1.65. The second-order valence-corrected chi connectivity index (χ2v) is 6.73. The number of fused-ring (bicyclic) bond motifs is 2. The number of likely N-dealkylation sites (N-methyl/N-ethyl adjacent to an activating group) is 1. The predicted molar refractivity (Wildman–Crippen MR) is 87.0 cm³/mol. The zero-order valence-electron chi connectivity index (χ0n) is 12.1. The average molecular weight is 297 g/mol. The molecule has 0 amide bonds. The molecule has 3 nitrogen and oxygen atoms in total. The van der Waals surface area contributed by atoms with Crippen LogP contribution in [0.3, 0.4) is 0 Å². The Morgan fingerprint density at radius 1 is 1.33 bits per heavy atom. The van der Waals surface area contributed by atoms with Gasteiger partial charge in [-0.05, 0) is 36.9 Å². The average Bonchev–Trinajstić information content (AvgIpc) is 3.17. The van der Waals surface area contributed by atoms with Crippen molar-refractivity contribution in [3.8, 4) is 0 Å². The molecule has 0 saturated heterocycles. The summed E-state index contributed by atoms with van der Waals surface area (Å²) in [6.45, 7) is 0. The Labute approximate surface area is 128 Å². The van der Waals surface area contributed by atoms with E-state index in [2.05, 4.69) is 58.8 Å². The van der Waals surface area contributed by atoms with Crippen molar-refractivity contribution in [2.75, 3.05) is 7.05 Å². The van der Waals surface area contributed by atoms with Crippen LogP contribution in [0.1, 0.15) is 16.8 Å². The largest absolute Gasteiger partial charge is 0.316 e. The maximum absolute atomic E-state index is 4.72. The minimum atomic E-state index is 0.488. The fraction of sp³-hybridized carbons (Fsp3) is 0.353. The van der Waals surface area contributed by atoms with Crippen LogP contribution in [0.15, 0.2) is 42.0 Å². The van der Waals surface area contributed by atoms with E-state index in [9.17, 15) is 0 Å². The summed E-state index contributed by atoms with van der Waals surface area (Å²) < 4.78 is 2.12. The lowest BCUT2D eigenvalue weighted by Crippen LogP contribution is -2.36. The van der Waals surface area contributed by atoms with Crippen LogP contribution in [0.2, 0.25) is 0 Å². The summed E-state index contributed by atoms with van der Waals surface area (Å²) in [5, 5.41) is 5.60. The van der Waals surface area contributed by atoms with Gasteiger partial charge in [0, 0.05) is 30.2 Å². The molecule has 0 aliphatic heterocycles. The quantitative estimate of drug-likeness (QED) is 0.802. The highest BCUT2D eigenvalue weighted by Gasteiger charge is 2.28. The number of hydrogen-bond acceptors (Lipinski definition) is 3. The van der Waals surface area contributed by atoms with Crippen molar-refractivity contribution in [1.29, 1.82) is 0 Å². The Morgan fingerprint density at radius 2 is 2.10 bits per heavy atom. The lowest BCUT2D eigenvalue weighted by atomic mass is 9.93. The van der Waals surface area contributed by atoms with Gasteiger partial charge in [-0.3, -0.25) is 4.40 Å². The van der Waals surface area contributed by atoms with Crippen LogP contribution in [-0.2, 0) is 19.3 Å². The number of nitrogens with zero attached hydrogens (tertiary/aromatic N) is 2. The molecular formula is C17H19N3S. The second kappa shape index (κ2) is 5.28. The first-order chi connectivity index (χ1) is 10.3. The van der Waals surface area contributed by atoms with E-state index in [1.165, 1.54) is 29.7 Å². The van der Waals surface area contributed by atoms with Gasteiger partial charge in [0.2, 0.25) is 0 Å². The summed E-state index contributed by atoms with van der Waals surface area (Å²) in [7, 11) is 2.08. The molecule has 1 aliphatic carbocycles. The topological polar surface area (TPSA) is 29.3 Å². The fourth-order valence-corrected chi connectivity index (χ4v) is 4.20. The maximum atomic E-state index is 4.72. The molecule has 1 atom stereocenters. The molecule has 21 heavy (non-hydrogen) atoms. The first-order valence-corrected chi connectivity index (χ1v) is 8.36. The minimum absolute atomic E-state index is 0.488. The first-order valence-electron chi connectivity index (χ1n) is 7.48. The third-order valence-electron chi connectivity index (χ3n) is 4.59. The number of benzene rings is 1. The van der Waals surface area contributed by atoms with Crippen LogP contribution in [0, 0.1) is 5.92 Å². The lowest BCUT2D eigenvalue weighted by Gasteiger charge is -2.22. The fourth-order valence-electron chi connectivity index (χ4n) is 3.48. The van der Waals surface area contributed by atoms with E-state index in [1.54, 1.807) is 11.3 Å². The molecule has 0 bridgehead atoms. The van der Waals surface area contributed by atoms with E-state index < -0.39 is 0 Å². The van der Waals surface area contributed by atoms with E-state index in [1.807, 2.05) is 0 Å². The minimum Gasteiger partial charge on any atom is -0.316 e. The molecule has 0 saturated carbocycles. The highest BCUT2D eigenvalue weighted by Crippen LogP contribution is 2.29. The van der Waals surface area contributed by atoms with E-state index in [0.29, 0.717) is 12.0 Å². The zero-order chi connectivity index (χ0) is 14.2. The molecule has 108 valence electrons. The Morgan fingerprint density at radius 3 is 2.76 bits per heavy atom. The molecule has 0 radical (unpaired) electrons. The molecular weight excluding hydrogens is 278 g/mol. The molecule has 1 aromatic carbocycles. The van der Waals surface area contributed by atoms with E-state index in [4.69, 9.17) is 4.98 Å². The molecule has 2 aromatic heterocycles. The summed E-state index contributed by atoms with van der Waals surface area (Å²) in [6, 6.07) is 9.34. The van der Waals surface area contributed by atoms with Crippen molar-refractivity contribution in [3.05, 3.63) is 58.9 Å². The number of thiazole rings is 1. The van der Waals surface area contributed by atoms with Gasteiger partial charge in [0.05, 0.1) is 5.69 Å². The third-order valence-corrected chi connectivity index (χ3v) is 5.37. The molecule has 3 aromatic rings. The smallest absolute Gasteiger partial charge is 0.193 e. The lowest BCUT2D eigenvalue weighted by molar-refractivity contribution is 0.381.